The van der Waals surface area contributed by atoms with Crippen LogP contribution in [-0.4, -0.2) is 42.0 Å². The lowest BCUT2D eigenvalue weighted by molar-refractivity contribution is -0.384. The van der Waals surface area contributed by atoms with E-state index in [2.05, 4.69) is 4.90 Å². The molecule has 3 aromatic rings. The molecular weight excluding hydrogens is 426 g/mol. The lowest BCUT2D eigenvalue weighted by atomic mass is 10.0. The first-order chi connectivity index (χ1) is 15.5. The van der Waals surface area contributed by atoms with Crippen molar-refractivity contribution in [2.45, 2.75) is 25.4 Å². The Morgan fingerprint density at radius 1 is 1.16 bits per heavy atom. The summed E-state index contributed by atoms with van der Waals surface area (Å²) in [6.07, 6.45) is 1.70. The summed E-state index contributed by atoms with van der Waals surface area (Å²) in [6.45, 7) is 2.43. The summed E-state index contributed by atoms with van der Waals surface area (Å²) >= 11 is 1.45. The van der Waals surface area contributed by atoms with Crippen molar-refractivity contribution < 1.29 is 14.5 Å². The number of amides is 1. The average Bonchev–Trinajstić information content (AvgIpc) is 3.36. The number of carbonyl (C=O) groups is 1. The lowest BCUT2D eigenvalue weighted by Gasteiger charge is -2.38. The lowest BCUT2D eigenvalue weighted by Crippen LogP contribution is -2.47. The van der Waals surface area contributed by atoms with Crippen molar-refractivity contribution in [2.24, 2.45) is 0 Å². The molecule has 32 heavy (non-hydrogen) atoms. The standard InChI is InChI=1S/C24H25N3O4S/c1-31-22-5-2-4-21(16-22)26(24(28)23-6-3-15-32-23)19-11-13-25(14-12-19)17-18-7-9-20(10-8-18)27(29)30/h2-10,15-16,19H,11-14,17H2,1H3. The van der Waals surface area contributed by atoms with Crippen LogP contribution in [0.1, 0.15) is 28.1 Å². The Hall–Kier alpha value is -3.23. The molecule has 166 valence electrons. The van der Waals surface area contributed by atoms with Crippen LogP contribution in [0.2, 0.25) is 0 Å². The maximum atomic E-state index is 13.4. The number of piperidine rings is 1. The van der Waals surface area contributed by atoms with Gasteiger partial charge in [-0.1, -0.05) is 24.3 Å². The van der Waals surface area contributed by atoms with Gasteiger partial charge in [-0.15, -0.1) is 11.3 Å². The van der Waals surface area contributed by atoms with E-state index >= 15 is 0 Å². The molecule has 1 amide bonds. The van der Waals surface area contributed by atoms with Crippen molar-refractivity contribution in [1.82, 2.24) is 4.90 Å². The van der Waals surface area contributed by atoms with Crippen molar-refractivity contribution in [1.29, 1.82) is 0 Å². The van der Waals surface area contributed by atoms with Gasteiger partial charge in [-0.05, 0) is 42.0 Å². The quantitative estimate of drug-likeness (QED) is 0.374. The van der Waals surface area contributed by atoms with Gasteiger partial charge in [-0.3, -0.25) is 19.8 Å². The number of nitro groups is 1. The number of thiophene rings is 1. The monoisotopic (exact) mass is 451 g/mol. The third-order valence-electron chi connectivity index (χ3n) is 5.76. The topological polar surface area (TPSA) is 75.9 Å². The van der Waals surface area contributed by atoms with Gasteiger partial charge in [0, 0.05) is 49.6 Å². The number of hydrogen-bond donors (Lipinski definition) is 0. The molecule has 1 aromatic heterocycles. The smallest absolute Gasteiger partial charge is 0.269 e. The van der Waals surface area contributed by atoms with Gasteiger partial charge in [0.1, 0.15) is 5.75 Å². The van der Waals surface area contributed by atoms with E-state index in [9.17, 15) is 14.9 Å². The van der Waals surface area contributed by atoms with Crippen molar-refractivity contribution in [3.8, 4) is 5.75 Å². The second kappa shape index (κ2) is 9.93. The van der Waals surface area contributed by atoms with E-state index in [0.29, 0.717) is 0 Å². The molecule has 0 radical (unpaired) electrons. The van der Waals surface area contributed by atoms with Crippen molar-refractivity contribution in [3.05, 3.63) is 86.6 Å². The van der Waals surface area contributed by atoms with E-state index in [4.69, 9.17) is 4.74 Å². The molecule has 0 N–H and O–H groups in total. The third kappa shape index (κ3) is 4.98. The molecular formula is C24H25N3O4S. The second-order valence-electron chi connectivity index (χ2n) is 7.78. The van der Waals surface area contributed by atoms with Gasteiger partial charge < -0.3 is 9.64 Å². The summed E-state index contributed by atoms with van der Waals surface area (Å²) in [7, 11) is 1.63. The van der Waals surface area contributed by atoms with E-state index in [1.54, 1.807) is 19.2 Å². The molecule has 0 atom stereocenters. The maximum absolute atomic E-state index is 13.4. The van der Waals surface area contributed by atoms with Crippen LogP contribution in [0.4, 0.5) is 11.4 Å². The van der Waals surface area contributed by atoms with Crippen LogP contribution in [0.5, 0.6) is 5.75 Å². The van der Waals surface area contributed by atoms with Crippen LogP contribution < -0.4 is 9.64 Å². The molecule has 0 unspecified atom stereocenters. The minimum Gasteiger partial charge on any atom is -0.497 e. The number of ether oxygens (including phenoxy) is 1. The van der Waals surface area contributed by atoms with Crippen molar-refractivity contribution >= 4 is 28.6 Å². The Morgan fingerprint density at radius 2 is 1.91 bits per heavy atom. The van der Waals surface area contributed by atoms with Gasteiger partial charge >= 0.3 is 0 Å². The molecule has 2 aromatic carbocycles. The highest BCUT2D eigenvalue weighted by Gasteiger charge is 2.30. The normalized spacial score (nSPS) is 14.8. The third-order valence-corrected chi connectivity index (χ3v) is 6.62. The Balaban J connectivity index is 1.47. The Kier molecular flexibility index (Phi) is 6.82. The number of methoxy groups -OCH3 is 1. The van der Waals surface area contributed by atoms with E-state index in [1.807, 2.05) is 58.8 Å². The molecule has 1 aliphatic rings. The van der Waals surface area contributed by atoms with Gasteiger partial charge in [0.2, 0.25) is 0 Å². The molecule has 2 heterocycles. The molecule has 0 saturated carbocycles. The summed E-state index contributed by atoms with van der Waals surface area (Å²) < 4.78 is 5.38. The molecule has 4 rings (SSSR count). The fourth-order valence-corrected chi connectivity index (χ4v) is 4.75. The fraction of sp³-hybridized carbons (Fsp3) is 0.292. The summed E-state index contributed by atoms with van der Waals surface area (Å²) in [5.74, 6) is 0.740. The zero-order valence-corrected chi connectivity index (χ0v) is 18.7. The van der Waals surface area contributed by atoms with Gasteiger partial charge in [-0.25, -0.2) is 0 Å². The molecule has 1 aliphatic heterocycles. The summed E-state index contributed by atoms with van der Waals surface area (Å²) in [5, 5.41) is 12.8. The Morgan fingerprint density at radius 3 is 2.53 bits per heavy atom. The van der Waals surface area contributed by atoms with Crippen LogP contribution in [0, 0.1) is 10.1 Å². The number of benzene rings is 2. The number of hydrogen-bond acceptors (Lipinski definition) is 6. The minimum absolute atomic E-state index is 0.0158. The highest BCUT2D eigenvalue weighted by Crippen LogP contribution is 2.30. The zero-order valence-electron chi connectivity index (χ0n) is 17.8. The molecule has 0 aliphatic carbocycles. The first-order valence-corrected chi connectivity index (χ1v) is 11.4. The average molecular weight is 452 g/mol. The summed E-state index contributed by atoms with van der Waals surface area (Å²) in [4.78, 5) is 28.8. The van der Waals surface area contributed by atoms with E-state index in [-0.39, 0.29) is 22.6 Å². The van der Waals surface area contributed by atoms with Gasteiger partial charge in [0.15, 0.2) is 0 Å². The highest BCUT2D eigenvalue weighted by atomic mass is 32.1. The number of non-ortho nitro benzene ring substituents is 1. The predicted molar refractivity (Wildman–Crippen MR) is 126 cm³/mol. The van der Waals surface area contributed by atoms with Crippen LogP contribution in [0.3, 0.4) is 0 Å². The first-order valence-electron chi connectivity index (χ1n) is 10.5. The summed E-state index contributed by atoms with van der Waals surface area (Å²) in [6, 6.07) is 18.2. The number of nitro benzene ring substituents is 1. The minimum atomic E-state index is -0.382. The molecule has 1 fully saturated rings. The van der Waals surface area contributed by atoms with Crippen LogP contribution in [0.15, 0.2) is 66.0 Å². The fourth-order valence-electron chi connectivity index (χ4n) is 4.09. The van der Waals surface area contributed by atoms with Crippen LogP contribution >= 0.6 is 11.3 Å². The van der Waals surface area contributed by atoms with Crippen LogP contribution in [0.25, 0.3) is 0 Å². The number of likely N-dealkylation sites (tertiary alicyclic amines) is 1. The molecule has 8 heteroatoms. The predicted octanol–water partition coefficient (Wildman–Crippen LogP) is 4.98. The van der Waals surface area contributed by atoms with Crippen molar-refractivity contribution in [2.75, 3.05) is 25.1 Å². The van der Waals surface area contributed by atoms with Crippen LogP contribution in [-0.2, 0) is 6.54 Å². The number of carbonyl (C=O) groups excluding carboxylic acids is 1. The maximum Gasteiger partial charge on any atom is 0.269 e. The van der Waals surface area contributed by atoms with E-state index in [0.717, 1.165) is 54.4 Å². The Bertz CT molecular complexity index is 1060. The number of anilines is 1. The largest absolute Gasteiger partial charge is 0.497 e. The molecule has 1 saturated heterocycles. The second-order valence-corrected chi connectivity index (χ2v) is 8.73. The first kappa shape index (κ1) is 22.0. The molecule has 0 bridgehead atoms. The van der Waals surface area contributed by atoms with E-state index < -0.39 is 0 Å². The van der Waals surface area contributed by atoms with Gasteiger partial charge in [0.25, 0.3) is 11.6 Å². The zero-order chi connectivity index (χ0) is 22.5. The van der Waals surface area contributed by atoms with Gasteiger partial charge in [-0.2, -0.15) is 0 Å². The summed E-state index contributed by atoms with van der Waals surface area (Å²) in [5.41, 5.74) is 2.00. The molecule has 7 nitrogen and oxygen atoms in total. The van der Waals surface area contributed by atoms with Crippen molar-refractivity contribution in [3.63, 3.8) is 0 Å². The van der Waals surface area contributed by atoms with Gasteiger partial charge in [0.05, 0.1) is 16.9 Å². The Labute approximate surface area is 191 Å². The highest BCUT2D eigenvalue weighted by molar-refractivity contribution is 7.12. The number of nitrogens with zero attached hydrogens (tertiary/aromatic N) is 3. The SMILES string of the molecule is COc1cccc(N(C(=O)c2cccs2)C2CCN(Cc3ccc([N+](=O)[O-])cc3)CC2)c1. The number of rotatable bonds is 7. The molecule has 0 spiro atoms. The van der Waals surface area contributed by atoms with E-state index in [1.165, 1.54) is 11.3 Å².